The smallest absolute Gasteiger partial charge is 0.252 e. The van der Waals surface area contributed by atoms with Gasteiger partial charge in [-0.05, 0) is 44.2 Å². The normalized spacial score (nSPS) is 14.7. The molecule has 0 aromatic heterocycles. The van der Waals surface area contributed by atoms with E-state index in [4.69, 9.17) is 4.74 Å². The van der Waals surface area contributed by atoms with Crippen molar-refractivity contribution in [2.24, 2.45) is 5.92 Å². The molecule has 0 radical (unpaired) electrons. The minimum absolute atomic E-state index is 0.0394. The van der Waals surface area contributed by atoms with Crippen LogP contribution in [0.15, 0.2) is 29.2 Å². The summed E-state index contributed by atoms with van der Waals surface area (Å²) in [4.78, 5) is 25.4. The van der Waals surface area contributed by atoms with Gasteiger partial charge < -0.3 is 15.4 Å². The minimum atomic E-state index is -0.0998. The van der Waals surface area contributed by atoms with Crippen molar-refractivity contribution in [3.63, 3.8) is 0 Å². The summed E-state index contributed by atoms with van der Waals surface area (Å²) >= 11 is 1.42. The number of rotatable bonds is 11. The maximum atomic E-state index is 12.4. The van der Waals surface area contributed by atoms with Gasteiger partial charge in [-0.2, -0.15) is 0 Å². The fourth-order valence-electron chi connectivity index (χ4n) is 3.24. The van der Waals surface area contributed by atoms with Gasteiger partial charge in [-0.1, -0.05) is 31.4 Å². The van der Waals surface area contributed by atoms with Crippen LogP contribution in [0.5, 0.6) is 0 Å². The summed E-state index contributed by atoms with van der Waals surface area (Å²) in [5.74, 6) is 0.901. The van der Waals surface area contributed by atoms with Crippen molar-refractivity contribution >= 4 is 23.6 Å². The van der Waals surface area contributed by atoms with E-state index >= 15 is 0 Å². The first-order valence-electron chi connectivity index (χ1n) is 10.0. The Hall–Kier alpha value is -1.53. The summed E-state index contributed by atoms with van der Waals surface area (Å²) in [5, 5.41) is 5.97. The molecule has 1 fully saturated rings. The second-order valence-electron chi connectivity index (χ2n) is 6.90. The molecule has 5 nitrogen and oxygen atoms in total. The Balaban J connectivity index is 1.75. The summed E-state index contributed by atoms with van der Waals surface area (Å²) in [7, 11) is 0. The van der Waals surface area contributed by atoms with Crippen LogP contribution in [0.3, 0.4) is 0 Å². The second kappa shape index (κ2) is 12.8. The zero-order chi connectivity index (χ0) is 19.3. The summed E-state index contributed by atoms with van der Waals surface area (Å²) in [5.41, 5.74) is 0.624. The average Bonchev–Trinajstić information content (AvgIpc) is 2.71. The van der Waals surface area contributed by atoms with Gasteiger partial charge in [0.05, 0.1) is 11.3 Å². The van der Waals surface area contributed by atoms with Gasteiger partial charge in [0.15, 0.2) is 0 Å². The monoisotopic (exact) mass is 392 g/mol. The molecule has 2 amide bonds. The molecule has 0 heterocycles. The van der Waals surface area contributed by atoms with Crippen LogP contribution in [0.2, 0.25) is 0 Å². The SMILES string of the molecule is CCOCCCNC(=O)c1ccccc1SCC(=O)NCC1CCCCC1. The number of nitrogens with one attached hydrogen (secondary N) is 2. The zero-order valence-corrected chi connectivity index (χ0v) is 17.1. The first kappa shape index (κ1) is 21.8. The lowest BCUT2D eigenvalue weighted by atomic mass is 9.89. The van der Waals surface area contributed by atoms with E-state index in [1.54, 1.807) is 6.07 Å². The van der Waals surface area contributed by atoms with Crippen molar-refractivity contribution in [1.82, 2.24) is 10.6 Å². The standard InChI is InChI=1S/C21H32N2O3S/c1-2-26-14-8-13-22-21(25)18-11-6-7-12-19(18)27-16-20(24)23-15-17-9-4-3-5-10-17/h6-7,11-12,17H,2-5,8-10,13-16H2,1H3,(H,22,25)(H,23,24). The van der Waals surface area contributed by atoms with Crippen molar-refractivity contribution in [2.45, 2.75) is 50.3 Å². The quantitative estimate of drug-likeness (QED) is 0.446. The second-order valence-corrected chi connectivity index (χ2v) is 7.92. The molecule has 1 aliphatic rings. The number of carbonyl (C=O) groups is 2. The molecule has 2 rings (SSSR count). The van der Waals surface area contributed by atoms with E-state index in [-0.39, 0.29) is 11.8 Å². The van der Waals surface area contributed by atoms with Gasteiger partial charge in [0.2, 0.25) is 5.91 Å². The van der Waals surface area contributed by atoms with E-state index in [1.807, 2.05) is 25.1 Å². The number of amides is 2. The highest BCUT2D eigenvalue weighted by Crippen LogP contribution is 2.24. The highest BCUT2D eigenvalue weighted by atomic mass is 32.2. The van der Waals surface area contributed by atoms with Crippen molar-refractivity contribution in [2.75, 3.05) is 32.1 Å². The molecule has 0 spiro atoms. The fraction of sp³-hybridized carbons (Fsp3) is 0.619. The summed E-state index contributed by atoms with van der Waals surface area (Å²) in [6.07, 6.45) is 7.12. The molecule has 27 heavy (non-hydrogen) atoms. The van der Waals surface area contributed by atoms with Gasteiger partial charge in [0.1, 0.15) is 0 Å². The Morgan fingerprint density at radius 1 is 1.15 bits per heavy atom. The molecule has 0 bridgehead atoms. The maximum absolute atomic E-state index is 12.4. The minimum Gasteiger partial charge on any atom is -0.382 e. The highest BCUT2D eigenvalue weighted by molar-refractivity contribution is 8.00. The van der Waals surface area contributed by atoms with E-state index in [2.05, 4.69) is 10.6 Å². The lowest BCUT2D eigenvalue weighted by Gasteiger charge is -2.21. The average molecular weight is 393 g/mol. The summed E-state index contributed by atoms with van der Waals surface area (Å²) in [6, 6.07) is 7.45. The number of benzene rings is 1. The van der Waals surface area contributed by atoms with Gasteiger partial charge in [-0.3, -0.25) is 9.59 Å². The molecule has 0 unspecified atom stereocenters. The number of hydrogen-bond acceptors (Lipinski definition) is 4. The fourth-order valence-corrected chi connectivity index (χ4v) is 4.12. The number of hydrogen-bond donors (Lipinski definition) is 2. The number of ether oxygens (including phenoxy) is 1. The van der Waals surface area contributed by atoms with E-state index in [0.29, 0.717) is 37.0 Å². The number of carbonyl (C=O) groups excluding carboxylic acids is 2. The van der Waals surface area contributed by atoms with Crippen molar-refractivity contribution in [3.05, 3.63) is 29.8 Å². The van der Waals surface area contributed by atoms with Gasteiger partial charge >= 0.3 is 0 Å². The van der Waals surface area contributed by atoms with Gasteiger partial charge in [-0.25, -0.2) is 0 Å². The Morgan fingerprint density at radius 3 is 2.70 bits per heavy atom. The topological polar surface area (TPSA) is 67.4 Å². The van der Waals surface area contributed by atoms with Crippen LogP contribution in [-0.4, -0.2) is 43.9 Å². The highest BCUT2D eigenvalue weighted by Gasteiger charge is 2.15. The molecule has 1 aromatic carbocycles. The van der Waals surface area contributed by atoms with E-state index in [1.165, 1.54) is 43.9 Å². The van der Waals surface area contributed by atoms with Crippen LogP contribution < -0.4 is 10.6 Å². The molecule has 1 aliphatic carbocycles. The molecule has 0 aliphatic heterocycles. The predicted molar refractivity (Wildman–Crippen MR) is 110 cm³/mol. The largest absolute Gasteiger partial charge is 0.382 e. The van der Waals surface area contributed by atoms with Crippen molar-refractivity contribution < 1.29 is 14.3 Å². The third-order valence-electron chi connectivity index (χ3n) is 4.76. The predicted octanol–water partition coefficient (Wildman–Crippen LogP) is 3.63. The van der Waals surface area contributed by atoms with E-state index < -0.39 is 0 Å². The van der Waals surface area contributed by atoms with E-state index in [0.717, 1.165) is 17.9 Å². The van der Waals surface area contributed by atoms with Gasteiger partial charge in [0.25, 0.3) is 5.91 Å². The van der Waals surface area contributed by atoms with Crippen molar-refractivity contribution in [3.8, 4) is 0 Å². The Labute approximate surface area is 167 Å². The molecule has 1 saturated carbocycles. The van der Waals surface area contributed by atoms with Crippen LogP contribution >= 0.6 is 11.8 Å². The Bertz CT molecular complexity index is 589. The van der Waals surface area contributed by atoms with Crippen LogP contribution in [0.25, 0.3) is 0 Å². The molecular weight excluding hydrogens is 360 g/mol. The molecule has 0 atom stereocenters. The maximum Gasteiger partial charge on any atom is 0.252 e. The molecular formula is C21H32N2O3S. The van der Waals surface area contributed by atoms with Crippen LogP contribution in [0.4, 0.5) is 0 Å². The van der Waals surface area contributed by atoms with E-state index in [9.17, 15) is 9.59 Å². The Kier molecular flexibility index (Phi) is 10.3. The summed E-state index contributed by atoms with van der Waals surface area (Å²) < 4.78 is 5.28. The van der Waals surface area contributed by atoms with Crippen LogP contribution in [-0.2, 0) is 9.53 Å². The molecule has 2 N–H and O–H groups in total. The van der Waals surface area contributed by atoms with Crippen LogP contribution in [0, 0.1) is 5.92 Å². The van der Waals surface area contributed by atoms with Gasteiger partial charge in [-0.15, -0.1) is 11.8 Å². The first-order chi connectivity index (χ1) is 13.2. The van der Waals surface area contributed by atoms with Crippen LogP contribution in [0.1, 0.15) is 55.8 Å². The third kappa shape index (κ3) is 8.35. The lowest BCUT2D eigenvalue weighted by molar-refractivity contribution is -0.118. The number of thioether (sulfide) groups is 1. The first-order valence-corrected chi connectivity index (χ1v) is 11.0. The molecule has 0 saturated heterocycles. The summed E-state index contributed by atoms with van der Waals surface area (Å²) in [6.45, 7) is 4.66. The van der Waals surface area contributed by atoms with Crippen molar-refractivity contribution in [1.29, 1.82) is 0 Å². The third-order valence-corrected chi connectivity index (χ3v) is 5.83. The lowest BCUT2D eigenvalue weighted by Crippen LogP contribution is -2.31. The molecule has 150 valence electrons. The molecule has 1 aromatic rings. The molecule has 6 heteroatoms. The Morgan fingerprint density at radius 2 is 1.93 bits per heavy atom. The zero-order valence-electron chi connectivity index (χ0n) is 16.3. The van der Waals surface area contributed by atoms with Gasteiger partial charge in [0, 0.05) is 31.2 Å².